The molecule has 0 radical (unpaired) electrons. The molecule has 0 aliphatic rings. The molecule has 0 fully saturated rings. The molecule has 8 heteroatoms. The third kappa shape index (κ3) is 4.21. The molecule has 0 aliphatic heterocycles. The van der Waals surface area contributed by atoms with Crippen LogP contribution in [0.1, 0.15) is 38.4 Å². The Balaban J connectivity index is 1.89. The summed E-state index contributed by atoms with van der Waals surface area (Å²) in [6.45, 7) is 3.18. The fourth-order valence-corrected chi connectivity index (χ4v) is 3.05. The number of nitrogens with zero attached hydrogens (tertiary/aromatic N) is 3. The molecule has 0 saturated heterocycles. The number of nitrogens with two attached hydrogens (primary N) is 2. The largest absolute Gasteiger partial charge is 0.412 e. The highest BCUT2D eigenvalue weighted by Gasteiger charge is 2.18. The molecule has 0 aliphatic carbocycles. The number of pyridine rings is 1. The number of rotatable bonds is 9. The number of anilines is 1. The number of carbonyl (C=O) groups is 1. The number of aromatic nitrogens is 3. The second-order valence-corrected chi connectivity index (χ2v) is 6.47. The van der Waals surface area contributed by atoms with Crippen molar-refractivity contribution in [2.24, 2.45) is 5.73 Å². The number of nitrogen functional groups attached to an aromatic ring is 1. The Kier molecular flexibility index (Phi) is 5.95. The van der Waals surface area contributed by atoms with Gasteiger partial charge in [0.2, 0.25) is 0 Å². The van der Waals surface area contributed by atoms with Gasteiger partial charge in [-0.2, -0.15) is 4.73 Å². The summed E-state index contributed by atoms with van der Waals surface area (Å²) in [6, 6.07) is 7.34. The van der Waals surface area contributed by atoms with Crippen LogP contribution < -0.4 is 21.6 Å². The van der Waals surface area contributed by atoms with Gasteiger partial charge in [-0.25, -0.2) is 14.8 Å². The number of benzene rings is 1. The summed E-state index contributed by atoms with van der Waals surface area (Å²) in [5, 5.41) is 3.54. The number of para-hydroxylation sites is 1. The van der Waals surface area contributed by atoms with E-state index in [9.17, 15) is 4.79 Å². The predicted octanol–water partition coefficient (Wildman–Crippen LogP) is 2.39. The molecule has 2 heterocycles. The number of urea groups is 1. The van der Waals surface area contributed by atoms with E-state index in [2.05, 4.69) is 17.2 Å². The highest BCUT2D eigenvalue weighted by Crippen LogP contribution is 2.28. The van der Waals surface area contributed by atoms with Gasteiger partial charge in [0.1, 0.15) is 23.5 Å². The topological polar surface area (TPSA) is 121 Å². The summed E-state index contributed by atoms with van der Waals surface area (Å²) in [4.78, 5) is 26.0. The van der Waals surface area contributed by atoms with Gasteiger partial charge in [0.25, 0.3) is 0 Å². The van der Waals surface area contributed by atoms with Gasteiger partial charge in [0.15, 0.2) is 5.82 Å². The molecule has 0 atom stereocenters. The lowest BCUT2D eigenvalue weighted by Gasteiger charge is -2.12. The van der Waals surface area contributed by atoms with Gasteiger partial charge in [-0.05, 0) is 25.3 Å². The maximum atomic E-state index is 10.7. The van der Waals surface area contributed by atoms with E-state index in [-0.39, 0.29) is 0 Å². The summed E-state index contributed by atoms with van der Waals surface area (Å²) in [5.74, 6) is 1.27. The molecular weight excluding hydrogens is 344 g/mol. The van der Waals surface area contributed by atoms with Crippen LogP contribution in [0.4, 0.5) is 10.6 Å². The van der Waals surface area contributed by atoms with Gasteiger partial charge >= 0.3 is 6.03 Å². The first-order valence-corrected chi connectivity index (χ1v) is 9.34. The zero-order chi connectivity index (χ0) is 19.2. The first-order valence-electron chi connectivity index (χ1n) is 9.34. The van der Waals surface area contributed by atoms with Gasteiger partial charge < -0.3 is 21.6 Å². The van der Waals surface area contributed by atoms with Crippen molar-refractivity contribution in [3.63, 3.8) is 0 Å². The minimum Gasteiger partial charge on any atom is -0.412 e. The fourth-order valence-electron chi connectivity index (χ4n) is 3.05. The lowest BCUT2D eigenvalue weighted by atomic mass is 10.2. The Morgan fingerprint density at radius 2 is 2.04 bits per heavy atom. The maximum Gasteiger partial charge on any atom is 0.312 e. The van der Waals surface area contributed by atoms with Crippen molar-refractivity contribution in [2.75, 3.05) is 18.9 Å². The minimum atomic E-state index is -0.507. The van der Waals surface area contributed by atoms with Gasteiger partial charge in [-0.15, -0.1) is 0 Å². The highest BCUT2D eigenvalue weighted by molar-refractivity contribution is 6.06. The Morgan fingerprint density at radius 1 is 1.22 bits per heavy atom. The molecule has 0 spiro atoms. The van der Waals surface area contributed by atoms with E-state index in [1.165, 1.54) is 0 Å². The SMILES string of the molecule is CCCCc1nc2c(N)nc3ccccc3c2n1OCCCCNC(N)=O. The Hall–Kier alpha value is -3.03. The van der Waals surface area contributed by atoms with Crippen LogP contribution in [0.2, 0.25) is 0 Å². The number of hydrogen-bond donors (Lipinski definition) is 3. The summed E-state index contributed by atoms with van der Waals surface area (Å²) in [7, 11) is 0. The van der Waals surface area contributed by atoms with E-state index in [0.717, 1.165) is 54.3 Å². The average Bonchev–Trinajstić information content (AvgIpc) is 3.02. The Morgan fingerprint density at radius 3 is 2.81 bits per heavy atom. The van der Waals surface area contributed by atoms with Crippen LogP contribution in [0, 0.1) is 0 Å². The van der Waals surface area contributed by atoms with Crippen molar-refractivity contribution >= 4 is 33.8 Å². The van der Waals surface area contributed by atoms with Crippen LogP contribution in [0.3, 0.4) is 0 Å². The third-order valence-electron chi connectivity index (χ3n) is 4.39. The Labute approximate surface area is 157 Å². The van der Waals surface area contributed by atoms with Crippen molar-refractivity contribution < 1.29 is 9.63 Å². The van der Waals surface area contributed by atoms with Crippen LogP contribution in [0.15, 0.2) is 24.3 Å². The molecule has 1 aromatic carbocycles. The van der Waals surface area contributed by atoms with Crippen molar-refractivity contribution in [1.29, 1.82) is 0 Å². The summed E-state index contributed by atoms with van der Waals surface area (Å²) >= 11 is 0. The van der Waals surface area contributed by atoms with Gasteiger partial charge in [-0.3, -0.25) is 0 Å². The monoisotopic (exact) mass is 370 g/mol. The van der Waals surface area contributed by atoms with E-state index in [1.807, 2.05) is 29.0 Å². The molecule has 3 aromatic rings. The lowest BCUT2D eigenvalue weighted by molar-refractivity contribution is 0.109. The quantitative estimate of drug-likeness (QED) is 0.499. The summed E-state index contributed by atoms with van der Waals surface area (Å²) in [5.41, 5.74) is 13.6. The number of primary amides is 1. The van der Waals surface area contributed by atoms with Crippen LogP contribution in [0.5, 0.6) is 0 Å². The zero-order valence-corrected chi connectivity index (χ0v) is 15.6. The van der Waals surface area contributed by atoms with E-state index >= 15 is 0 Å². The van der Waals surface area contributed by atoms with E-state index in [4.69, 9.17) is 21.3 Å². The number of nitrogens with one attached hydrogen (secondary N) is 1. The second kappa shape index (κ2) is 8.57. The predicted molar refractivity (Wildman–Crippen MR) is 106 cm³/mol. The molecule has 0 saturated carbocycles. The molecule has 2 aromatic heterocycles. The molecule has 0 bridgehead atoms. The smallest absolute Gasteiger partial charge is 0.312 e. The normalized spacial score (nSPS) is 11.1. The number of imidazole rings is 1. The third-order valence-corrected chi connectivity index (χ3v) is 4.39. The second-order valence-electron chi connectivity index (χ2n) is 6.47. The van der Waals surface area contributed by atoms with Crippen molar-refractivity contribution in [3.05, 3.63) is 30.1 Å². The van der Waals surface area contributed by atoms with Crippen LogP contribution in [-0.2, 0) is 6.42 Å². The molecule has 5 N–H and O–H groups in total. The molecule has 8 nitrogen and oxygen atoms in total. The van der Waals surface area contributed by atoms with Gasteiger partial charge in [0, 0.05) is 18.4 Å². The standard InChI is InChI=1S/C19H26N6O2/c1-2-3-10-15-24-16-17(13-8-4-5-9-14(13)23-18(16)20)25(15)27-12-7-6-11-22-19(21)26/h4-5,8-9H,2-3,6-7,10-12H2,1H3,(H2,20,23)(H3,21,22,26). The van der Waals surface area contributed by atoms with Crippen molar-refractivity contribution in [1.82, 2.24) is 20.0 Å². The van der Waals surface area contributed by atoms with Gasteiger partial charge in [0.05, 0.1) is 5.52 Å². The number of unbranched alkanes of at least 4 members (excludes halogenated alkanes) is 2. The lowest BCUT2D eigenvalue weighted by Crippen LogP contribution is -2.30. The molecular formula is C19H26N6O2. The fraction of sp³-hybridized carbons (Fsp3) is 0.421. The van der Waals surface area contributed by atoms with Crippen LogP contribution in [0.25, 0.3) is 21.9 Å². The number of fused-ring (bicyclic) bond motifs is 3. The number of amides is 2. The van der Waals surface area contributed by atoms with E-state index < -0.39 is 6.03 Å². The molecule has 144 valence electrons. The molecule has 2 amide bonds. The van der Waals surface area contributed by atoms with E-state index in [1.54, 1.807) is 0 Å². The van der Waals surface area contributed by atoms with E-state index in [0.29, 0.717) is 24.5 Å². The molecule has 27 heavy (non-hydrogen) atoms. The average molecular weight is 370 g/mol. The van der Waals surface area contributed by atoms with Crippen molar-refractivity contribution in [3.8, 4) is 0 Å². The number of carbonyl (C=O) groups excluding carboxylic acids is 1. The number of hydrogen-bond acceptors (Lipinski definition) is 5. The summed E-state index contributed by atoms with van der Waals surface area (Å²) < 4.78 is 1.81. The minimum absolute atomic E-state index is 0.412. The van der Waals surface area contributed by atoms with Crippen molar-refractivity contribution in [2.45, 2.75) is 39.0 Å². The summed E-state index contributed by atoms with van der Waals surface area (Å²) in [6.07, 6.45) is 4.45. The highest BCUT2D eigenvalue weighted by atomic mass is 16.7. The molecule has 0 unspecified atom stereocenters. The first kappa shape index (κ1) is 18.8. The maximum absolute atomic E-state index is 10.7. The zero-order valence-electron chi connectivity index (χ0n) is 15.6. The molecule has 3 rings (SSSR count). The van der Waals surface area contributed by atoms with Gasteiger partial charge in [-0.1, -0.05) is 31.5 Å². The number of aryl methyl sites for hydroxylation is 1. The Bertz CT molecular complexity index is 937. The van der Waals surface area contributed by atoms with Crippen LogP contribution in [-0.4, -0.2) is 33.9 Å². The first-order chi connectivity index (χ1) is 13.1. The van der Waals surface area contributed by atoms with Crippen LogP contribution >= 0.6 is 0 Å².